The van der Waals surface area contributed by atoms with Gasteiger partial charge >= 0.3 is 0 Å². The van der Waals surface area contributed by atoms with Crippen LogP contribution in [0.25, 0.3) is 0 Å². The van der Waals surface area contributed by atoms with Gasteiger partial charge < -0.3 is 15.5 Å². The topological polar surface area (TPSA) is 44.4 Å². The summed E-state index contributed by atoms with van der Waals surface area (Å²) in [4.78, 5) is 14.6. The fourth-order valence-electron chi connectivity index (χ4n) is 3.55. The number of hydrogen-bond donors (Lipinski definition) is 2. The molecule has 0 aromatic carbocycles. The Balaban J connectivity index is 0.000000902. The van der Waals surface area contributed by atoms with Crippen LogP contribution < -0.4 is 10.6 Å². The van der Waals surface area contributed by atoms with Crippen molar-refractivity contribution < 1.29 is 4.79 Å². The molecule has 6 heteroatoms. The van der Waals surface area contributed by atoms with Gasteiger partial charge in [0, 0.05) is 25.2 Å². The standard InChI is InChI=1S/C13H23N3O.2ClH/c17-13(10-3-5-14-9-10)15-11-4-7-16-6-1-2-12(16)8-11;;/h10-12,14H,1-9H2,(H,15,17);2*1H. The molecule has 3 heterocycles. The van der Waals surface area contributed by atoms with Gasteiger partial charge in [-0.15, -0.1) is 24.8 Å². The first-order valence-electron chi connectivity index (χ1n) is 7.08. The quantitative estimate of drug-likeness (QED) is 0.805. The van der Waals surface area contributed by atoms with Crippen molar-refractivity contribution in [3.05, 3.63) is 0 Å². The maximum atomic E-state index is 12.0. The van der Waals surface area contributed by atoms with Crippen molar-refractivity contribution in [1.29, 1.82) is 0 Å². The smallest absolute Gasteiger partial charge is 0.224 e. The molecular formula is C13H25Cl2N3O. The van der Waals surface area contributed by atoms with Crippen molar-refractivity contribution in [3.8, 4) is 0 Å². The Bertz CT molecular complexity index is 298. The van der Waals surface area contributed by atoms with Gasteiger partial charge in [-0.2, -0.15) is 0 Å². The molecule has 3 atom stereocenters. The summed E-state index contributed by atoms with van der Waals surface area (Å²) in [5, 5.41) is 6.53. The molecule has 3 fully saturated rings. The molecule has 0 aliphatic carbocycles. The second-order valence-corrected chi connectivity index (χ2v) is 5.75. The number of piperidine rings is 1. The molecule has 0 saturated carbocycles. The van der Waals surface area contributed by atoms with E-state index in [-0.39, 0.29) is 36.6 Å². The lowest BCUT2D eigenvalue weighted by Gasteiger charge is -2.35. The Labute approximate surface area is 127 Å². The summed E-state index contributed by atoms with van der Waals surface area (Å²) >= 11 is 0. The first-order chi connectivity index (χ1) is 8.33. The van der Waals surface area contributed by atoms with E-state index in [0.29, 0.717) is 6.04 Å². The average molecular weight is 310 g/mol. The lowest BCUT2D eigenvalue weighted by atomic mass is 9.96. The number of carbonyl (C=O) groups excluding carboxylic acids is 1. The Morgan fingerprint density at radius 3 is 2.74 bits per heavy atom. The molecule has 1 amide bonds. The predicted molar refractivity (Wildman–Crippen MR) is 81.2 cm³/mol. The molecule has 19 heavy (non-hydrogen) atoms. The maximum absolute atomic E-state index is 12.0. The molecule has 0 spiro atoms. The van der Waals surface area contributed by atoms with Crippen molar-refractivity contribution in [3.63, 3.8) is 0 Å². The molecule has 3 saturated heterocycles. The highest BCUT2D eigenvalue weighted by Crippen LogP contribution is 2.27. The van der Waals surface area contributed by atoms with E-state index in [0.717, 1.165) is 32.0 Å². The second-order valence-electron chi connectivity index (χ2n) is 5.75. The fraction of sp³-hybridized carbons (Fsp3) is 0.923. The lowest BCUT2D eigenvalue weighted by Crippen LogP contribution is -2.48. The van der Waals surface area contributed by atoms with Gasteiger partial charge in [0.2, 0.25) is 5.91 Å². The molecule has 4 nitrogen and oxygen atoms in total. The van der Waals surface area contributed by atoms with Crippen LogP contribution in [-0.4, -0.2) is 49.1 Å². The molecule has 3 unspecified atom stereocenters. The monoisotopic (exact) mass is 309 g/mol. The SMILES string of the molecule is Cl.Cl.O=C(NC1CCN2CCCC2C1)C1CCNC1. The summed E-state index contributed by atoms with van der Waals surface area (Å²) < 4.78 is 0. The summed E-state index contributed by atoms with van der Waals surface area (Å²) in [6.07, 6.45) is 6.00. The van der Waals surface area contributed by atoms with Crippen LogP contribution >= 0.6 is 24.8 Å². The number of halogens is 2. The number of rotatable bonds is 2. The van der Waals surface area contributed by atoms with Crippen molar-refractivity contribution in [1.82, 2.24) is 15.5 Å². The van der Waals surface area contributed by atoms with Crippen molar-refractivity contribution in [2.45, 2.75) is 44.2 Å². The van der Waals surface area contributed by atoms with Gasteiger partial charge in [-0.05, 0) is 45.2 Å². The third kappa shape index (κ3) is 3.97. The van der Waals surface area contributed by atoms with Crippen LogP contribution in [0.2, 0.25) is 0 Å². The van der Waals surface area contributed by atoms with E-state index in [9.17, 15) is 4.79 Å². The number of hydrogen-bond acceptors (Lipinski definition) is 3. The number of nitrogens with zero attached hydrogens (tertiary/aromatic N) is 1. The molecule has 0 bridgehead atoms. The summed E-state index contributed by atoms with van der Waals surface area (Å²) in [5.41, 5.74) is 0. The minimum absolute atomic E-state index is 0. The highest BCUT2D eigenvalue weighted by molar-refractivity contribution is 5.85. The molecule has 3 rings (SSSR count). The van der Waals surface area contributed by atoms with Gasteiger partial charge in [0.1, 0.15) is 0 Å². The molecule has 112 valence electrons. The highest BCUT2D eigenvalue weighted by atomic mass is 35.5. The molecule has 2 N–H and O–H groups in total. The van der Waals surface area contributed by atoms with E-state index in [4.69, 9.17) is 0 Å². The predicted octanol–water partition coefficient (Wildman–Crippen LogP) is 1.18. The zero-order chi connectivity index (χ0) is 11.7. The average Bonchev–Trinajstić information content (AvgIpc) is 2.99. The van der Waals surface area contributed by atoms with Gasteiger partial charge in [0.15, 0.2) is 0 Å². The minimum Gasteiger partial charge on any atom is -0.353 e. The first kappa shape index (κ1) is 17.0. The van der Waals surface area contributed by atoms with Gasteiger partial charge in [-0.1, -0.05) is 0 Å². The summed E-state index contributed by atoms with van der Waals surface area (Å²) in [6.45, 7) is 4.32. The molecule has 3 aliphatic heterocycles. The Hall–Kier alpha value is -0.0300. The zero-order valence-electron chi connectivity index (χ0n) is 11.3. The summed E-state index contributed by atoms with van der Waals surface area (Å²) in [6, 6.07) is 1.18. The van der Waals surface area contributed by atoms with Gasteiger partial charge in [-0.3, -0.25) is 4.79 Å². The molecule has 3 aliphatic rings. The second kappa shape index (κ2) is 7.67. The van der Waals surface area contributed by atoms with Crippen LogP contribution in [0.15, 0.2) is 0 Å². The van der Waals surface area contributed by atoms with Crippen LogP contribution in [0.5, 0.6) is 0 Å². The normalized spacial score (nSPS) is 34.0. The van der Waals surface area contributed by atoms with Gasteiger partial charge in [0.05, 0.1) is 5.92 Å². The van der Waals surface area contributed by atoms with Crippen molar-refractivity contribution >= 4 is 30.7 Å². The van der Waals surface area contributed by atoms with Crippen LogP contribution in [0, 0.1) is 5.92 Å². The van der Waals surface area contributed by atoms with Gasteiger partial charge in [0.25, 0.3) is 0 Å². The van der Waals surface area contributed by atoms with Crippen LogP contribution in [0.4, 0.5) is 0 Å². The third-order valence-corrected chi connectivity index (χ3v) is 4.60. The van der Waals surface area contributed by atoms with E-state index in [1.54, 1.807) is 0 Å². The van der Waals surface area contributed by atoms with E-state index >= 15 is 0 Å². The fourth-order valence-corrected chi connectivity index (χ4v) is 3.55. The minimum atomic E-state index is 0. The molecule has 0 aromatic rings. The number of carbonyl (C=O) groups is 1. The molecular weight excluding hydrogens is 285 g/mol. The lowest BCUT2D eigenvalue weighted by molar-refractivity contribution is -0.125. The summed E-state index contributed by atoms with van der Waals surface area (Å²) in [7, 11) is 0. The van der Waals surface area contributed by atoms with E-state index in [1.807, 2.05) is 0 Å². The molecule has 0 radical (unpaired) electrons. The Kier molecular flexibility index (Phi) is 6.87. The number of fused-ring (bicyclic) bond motifs is 1. The van der Waals surface area contributed by atoms with Gasteiger partial charge in [-0.25, -0.2) is 0 Å². The van der Waals surface area contributed by atoms with Crippen LogP contribution in [0.3, 0.4) is 0 Å². The van der Waals surface area contributed by atoms with Crippen LogP contribution in [0.1, 0.15) is 32.1 Å². The molecule has 0 aromatic heterocycles. The maximum Gasteiger partial charge on any atom is 0.224 e. The first-order valence-corrected chi connectivity index (χ1v) is 7.08. The van der Waals surface area contributed by atoms with E-state index in [1.165, 1.54) is 32.4 Å². The van der Waals surface area contributed by atoms with Crippen LogP contribution in [-0.2, 0) is 4.79 Å². The largest absolute Gasteiger partial charge is 0.353 e. The summed E-state index contributed by atoms with van der Waals surface area (Å²) in [5.74, 6) is 0.503. The zero-order valence-corrected chi connectivity index (χ0v) is 12.9. The highest BCUT2D eigenvalue weighted by Gasteiger charge is 2.33. The number of nitrogens with one attached hydrogen (secondary N) is 2. The van der Waals surface area contributed by atoms with Crippen molar-refractivity contribution in [2.75, 3.05) is 26.2 Å². The third-order valence-electron chi connectivity index (χ3n) is 4.60. The Morgan fingerprint density at radius 1 is 1.16 bits per heavy atom. The van der Waals surface area contributed by atoms with Crippen molar-refractivity contribution in [2.24, 2.45) is 5.92 Å². The number of amides is 1. The van der Waals surface area contributed by atoms with E-state index < -0.39 is 0 Å². The Morgan fingerprint density at radius 2 is 2.00 bits per heavy atom. The van der Waals surface area contributed by atoms with E-state index in [2.05, 4.69) is 15.5 Å².